The molecule has 0 aromatic carbocycles. The van der Waals surface area contributed by atoms with Crippen molar-refractivity contribution in [3.8, 4) is 0 Å². The zero-order chi connectivity index (χ0) is 105. The molecule has 0 aliphatic rings. The molecule has 0 unspecified atom stereocenters. The van der Waals surface area contributed by atoms with Crippen LogP contribution in [-0.4, -0.2) is 933 Å². The zero-order valence-corrected chi connectivity index (χ0v) is 76.2. The van der Waals surface area contributed by atoms with Gasteiger partial charge in [0, 0.05) is 933 Å². The highest BCUT2D eigenvalue weighted by Crippen LogP contribution is 2.34. The molecule has 396 valence electrons. The molecular weight excluding hydrogens is 1430 g/mol. The molecule has 134 radical (unpaired) electrons. The molecule has 0 saturated carbocycles. The van der Waals surface area contributed by atoms with Gasteiger partial charge >= 0.3 is 0 Å². The largest absolute Gasteiger partial charge is 0 e. The molecule has 0 aromatic heterocycles. The second-order valence-corrected chi connectivity index (χ2v) is 37.5. The van der Waals surface area contributed by atoms with Crippen LogP contribution in [0.3, 0.4) is 0 Å². The molecule has 0 atom stereocenters. The van der Waals surface area contributed by atoms with Gasteiger partial charge in [0.1, 0.15) is 0 Å². The normalized spacial score (nSPS) is 9.88. The summed E-state index contributed by atoms with van der Waals surface area (Å²) in [6.07, 6.45) is -145. The molecule has 0 aromatic rings. The van der Waals surface area contributed by atoms with Gasteiger partial charge in [0.05, 0.1) is 0 Å². The summed E-state index contributed by atoms with van der Waals surface area (Å²) in [6, 6.07) is 0. The molecule has 0 fully saturated rings. The molecule has 0 heterocycles. The lowest BCUT2D eigenvalue weighted by atomic mass is 8.16. The van der Waals surface area contributed by atoms with E-state index in [-0.39, 0.29) is 0 Å². The standard InChI is InChI=1S/B132/c1-68(2)101(67)118(102(69(3)4)70(5)6)126(117(99(63)64)100(65)66)130(125(115(95(55)56)96(57)58)116(97(59)60)98(61)62)132(129(123(111(87(39)40)88(41)42)112(89(43)44)90(45)46)124(113(91(47)48)92(49)50)114(93(51)52)94(53)54)131(127(119(103(71(7)8)72(9)10)104(73(11)12)74(13)14)120(105(75(15)16)76(17)18)106(77(19)20)78(21)22)128(121(107(79(23)24)80(25)26)108(81(27)28)82(29)30)122(109(83(31)32)84(33)34)110(85(35)36)86(37)38. The topological polar surface area (TPSA) is 0 Å². The first kappa shape index (κ1) is 141. The molecule has 132 heavy (non-hydrogen) atoms. The predicted molar refractivity (Wildman–Crippen MR) is 760 cm³/mol. The van der Waals surface area contributed by atoms with E-state index in [0.717, 1.165) is 0 Å². The highest BCUT2D eigenvalue weighted by molar-refractivity contribution is 8.47. The molecule has 0 N–H and O–H groups in total. The van der Waals surface area contributed by atoms with Crippen LogP contribution in [0.5, 0.6) is 0 Å². The van der Waals surface area contributed by atoms with Crippen molar-refractivity contribution in [3.05, 3.63) is 0 Å². The van der Waals surface area contributed by atoms with Crippen LogP contribution in [0.4, 0.5) is 0 Å². The summed E-state index contributed by atoms with van der Waals surface area (Å²) >= 11 is 0. The Labute approximate surface area is 923 Å². The van der Waals surface area contributed by atoms with E-state index in [4.69, 9.17) is 518 Å². The molecular formula is B132. The summed E-state index contributed by atoms with van der Waals surface area (Å²) in [6.45, 7) is 0. The summed E-state index contributed by atoms with van der Waals surface area (Å²) < 4.78 is 0. The quantitative estimate of drug-likeness (QED) is 0.0533. The van der Waals surface area contributed by atoms with Gasteiger partial charge in [0.25, 0.3) is 0 Å². The van der Waals surface area contributed by atoms with Crippen LogP contribution < -0.4 is 0 Å². The Morgan fingerprint density at radius 2 is 0.0909 bits per heavy atom. The maximum atomic E-state index is 7.91. The molecule has 0 saturated heterocycles. The van der Waals surface area contributed by atoms with Gasteiger partial charge in [-0.1, -0.05) is 0 Å². The fraction of sp³-hybridized carbons (Fsp3) is 0. The lowest BCUT2D eigenvalue weighted by Gasteiger charge is -2.65. The van der Waals surface area contributed by atoms with E-state index in [1.165, 1.54) is 0 Å². The SMILES string of the molecule is [B]B([B])B([B])B(B(B([B])[B])B([B])[B])B(B(B([B])[B])B([B])[B])B(B(B(B([B])[B])B([B])[B])B(B([B])[B])B([B])[B])B(B(B(B(B([B])[B])B([B])[B])B(B([B])[B])B([B])[B])B(B(B([B])[B])B([B])[B])B(B([B])[B])B([B])[B])B(B(B(B(B([B])[B])B([B])[B])B(B([B])[B])B([B])[B])B(B(B([B])[B])B([B])[B])B(B([B])[B])B([B])[B])B(B(B(B([B])[B])B([B])[B])B(B([B])[B])B([B])[B])B(B(B([B])[B])B([B])[B])B(B([B])[B])B([B])[B]. The fourth-order valence-corrected chi connectivity index (χ4v) is 24.1. The van der Waals surface area contributed by atoms with Gasteiger partial charge in [0.2, 0.25) is 0 Å². The lowest BCUT2D eigenvalue weighted by Crippen LogP contribution is -3.03. The van der Waals surface area contributed by atoms with Crippen LogP contribution in [0, 0.1) is 0 Å². The van der Waals surface area contributed by atoms with Crippen LogP contribution in [-0.2, 0) is 0 Å². The number of hydrogen-bond acceptors (Lipinski definition) is 0. The van der Waals surface area contributed by atoms with Crippen molar-refractivity contribution >= 4 is 933 Å². The zero-order valence-electron chi connectivity index (χ0n) is 76.2. The Kier molecular flexibility index (Phi) is 68.9. The molecule has 0 rings (SSSR count). The summed E-state index contributed by atoms with van der Waals surface area (Å²) in [4.78, 5) is 0. The van der Waals surface area contributed by atoms with E-state index < -0.39 is 415 Å². The molecule has 132 heteroatoms. The van der Waals surface area contributed by atoms with Gasteiger partial charge in [0.15, 0.2) is 0 Å². The van der Waals surface area contributed by atoms with Crippen molar-refractivity contribution in [1.82, 2.24) is 0 Å². The Morgan fingerprint density at radius 1 is 0.0455 bits per heavy atom. The summed E-state index contributed by atoms with van der Waals surface area (Å²) in [7, 11) is 499. The van der Waals surface area contributed by atoms with E-state index in [1.54, 1.807) is 0 Å². The van der Waals surface area contributed by atoms with Gasteiger partial charge in [-0.05, 0) is 0 Å². The van der Waals surface area contributed by atoms with E-state index in [0.29, 0.717) is 0 Å². The lowest BCUT2D eigenvalue weighted by molar-refractivity contribution is 3.10. The van der Waals surface area contributed by atoms with Crippen molar-refractivity contribution in [2.75, 3.05) is 0 Å². The second kappa shape index (κ2) is 64.7. The molecule has 0 aliphatic carbocycles. The van der Waals surface area contributed by atoms with E-state index in [2.05, 4.69) is 0 Å². The van der Waals surface area contributed by atoms with Gasteiger partial charge in [-0.15, -0.1) is 0 Å². The first-order valence-electron chi connectivity index (χ1n) is 43.7. The van der Waals surface area contributed by atoms with Gasteiger partial charge < -0.3 is 0 Å². The monoisotopic (exact) mass is 1450 g/mol. The van der Waals surface area contributed by atoms with E-state index in [1.807, 2.05) is 0 Å². The van der Waals surface area contributed by atoms with Crippen LogP contribution in [0.1, 0.15) is 0 Å². The van der Waals surface area contributed by atoms with E-state index in [9.17, 15) is 0 Å². The molecule has 0 nitrogen and oxygen atoms in total. The minimum atomic E-state index is -2.88. The van der Waals surface area contributed by atoms with E-state index >= 15 is 0 Å². The van der Waals surface area contributed by atoms with Crippen molar-refractivity contribution in [2.24, 2.45) is 0 Å². The van der Waals surface area contributed by atoms with Crippen LogP contribution in [0.25, 0.3) is 0 Å². The van der Waals surface area contributed by atoms with Crippen molar-refractivity contribution in [2.45, 2.75) is 0 Å². The van der Waals surface area contributed by atoms with Crippen LogP contribution in [0.2, 0.25) is 0 Å². The maximum Gasteiger partial charge on any atom is 0 e. The average Bonchev–Trinajstić information content (AvgIpc) is 0.697. The smallest absolute Gasteiger partial charge is 0 e. The summed E-state index contributed by atoms with van der Waals surface area (Å²) in [5.74, 6) is 0. The van der Waals surface area contributed by atoms with Crippen molar-refractivity contribution < 1.29 is 0 Å². The summed E-state index contributed by atoms with van der Waals surface area (Å²) in [5, 5.41) is 0. The minimum Gasteiger partial charge on any atom is 0 e. The van der Waals surface area contributed by atoms with Gasteiger partial charge in [-0.3, -0.25) is 0 Å². The number of rotatable bonds is 64. The first-order valence-corrected chi connectivity index (χ1v) is 43.7. The Hall–Kier alpha value is 8.57. The highest BCUT2D eigenvalue weighted by atomic mass is 13.5. The molecule has 0 amide bonds. The molecule has 0 bridgehead atoms. The molecule has 0 aliphatic heterocycles. The van der Waals surface area contributed by atoms with Crippen LogP contribution >= 0.6 is 0 Å². The number of hydrogen-bond donors (Lipinski definition) is 0. The third-order valence-electron chi connectivity index (χ3n) is 28.4. The van der Waals surface area contributed by atoms with Crippen LogP contribution in [0.15, 0.2) is 0 Å². The molecule has 0 spiro atoms. The van der Waals surface area contributed by atoms with Gasteiger partial charge in [-0.25, -0.2) is 0 Å². The Morgan fingerprint density at radius 3 is 0.144 bits per heavy atom. The summed E-state index contributed by atoms with van der Waals surface area (Å²) in [5.41, 5.74) is 0. The third kappa shape index (κ3) is 37.5. The maximum absolute atomic E-state index is 7.91. The minimum absolute atomic E-state index is 1.99. The first-order chi connectivity index (χ1) is 60.0. The third-order valence-corrected chi connectivity index (χ3v) is 28.4. The fourth-order valence-electron chi connectivity index (χ4n) is 24.1. The Balaban J connectivity index is 17.6. The van der Waals surface area contributed by atoms with Crippen molar-refractivity contribution in [1.29, 1.82) is 0 Å². The second-order valence-electron chi connectivity index (χ2n) is 37.5. The Bertz CT molecular complexity index is 2280. The van der Waals surface area contributed by atoms with Gasteiger partial charge in [-0.2, -0.15) is 0 Å². The van der Waals surface area contributed by atoms with Crippen molar-refractivity contribution in [3.63, 3.8) is 0 Å². The predicted octanol–water partition coefficient (Wildman–Crippen LogP) is -50.3. The average molecular weight is 1430 g/mol. The highest BCUT2D eigenvalue weighted by Gasteiger charge is 2.72.